The highest BCUT2D eigenvalue weighted by Crippen LogP contribution is 2.19. The van der Waals surface area contributed by atoms with E-state index in [2.05, 4.69) is 33.4 Å². The first-order valence-corrected chi connectivity index (χ1v) is 7.25. The van der Waals surface area contributed by atoms with Gasteiger partial charge in [-0.1, -0.05) is 0 Å². The molecule has 1 saturated heterocycles. The molecule has 2 aromatic heterocycles. The van der Waals surface area contributed by atoms with Gasteiger partial charge in [0.05, 0.1) is 6.54 Å². The van der Waals surface area contributed by atoms with Gasteiger partial charge in [0.15, 0.2) is 0 Å². The number of hydrogen-bond acceptors (Lipinski definition) is 4. The smallest absolute Gasteiger partial charge is 0.117 e. The Hall–Kier alpha value is -1.81. The van der Waals surface area contributed by atoms with E-state index in [-0.39, 0.29) is 0 Å². The third kappa shape index (κ3) is 3.20. The molecule has 1 fully saturated rings. The number of anilines is 1. The van der Waals surface area contributed by atoms with E-state index in [1.807, 2.05) is 25.4 Å². The lowest BCUT2D eigenvalue weighted by atomic mass is 10.0. The number of piperidine rings is 1. The highest BCUT2D eigenvalue weighted by Gasteiger charge is 2.19. The maximum atomic E-state index is 5.59. The van der Waals surface area contributed by atoms with E-state index in [9.17, 15) is 0 Å². The molecule has 3 heterocycles. The molecular formula is C16H21N3O. The van der Waals surface area contributed by atoms with Gasteiger partial charge in [0.25, 0.3) is 0 Å². The minimum atomic E-state index is 0.582. The molecule has 0 amide bonds. The fourth-order valence-corrected chi connectivity index (χ4v) is 2.72. The second-order valence-electron chi connectivity index (χ2n) is 5.36. The summed E-state index contributed by atoms with van der Waals surface area (Å²) in [5.74, 6) is 2.01. The molecule has 3 rings (SSSR count). The van der Waals surface area contributed by atoms with Crippen molar-refractivity contribution in [1.82, 2.24) is 10.3 Å². The van der Waals surface area contributed by atoms with Crippen LogP contribution in [0.1, 0.15) is 24.4 Å². The van der Waals surface area contributed by atoms with E-state index >= 15 is 0 Å². The number of nitrogens with zero attached hydrogens (tertiary/aromatic N) is 2. The van der Waals surface area contributed by atoms with Gasteiger partial charge in [0, 0.05) is 37.2 Å². The Morgan fingerprint density at radius 3 is 2.60 bits per heavy atom. The number of pyridine rings is 1. The van der Waals surface area contributed by atoms with Gasteiger partial charge in [-0.2, -0.15) is 0 Å². The fraction of sp³-hybridized carbons (Fsp3) is 0.438. The van der Waals surface area contributed by atoms with Crippen molar-refractivity contribution >= 4 is 5.69 Å². The summed E-state index contributed by atoms with van der Waals surface area (Å²) in [6.07, 6.45) is 6.06. The predicted octanol–water partition coefficient (Wildman–Crippen LogP) is 2.74. The van der Waals surface area contributed by atoms with Crippen molar-refractivity contribution in [2.45, 2.75) is 32.4 Å². The summed E-state index contributed by atoms with van der Waals surface area (Å²) in [6.45, 7) is 5.00. The molecule has 0 radical (unpaired) electrons. The molecule has 20 heavy (non-hydrogen) atoms. The summed E-state index contributed by atoms with van der Waals surface area (Å²) in [6, 6.07) is 8.81. The predicted molar refractivity (Wildman–Crippen MR) is 79.8 cm³/mol. The lowest BCUT2D eigenvalue weighted by Crippen LogP contribution is -2.42. The minimum absolute atomic E-state index is 0.582. The molecule has 0 bridgehead atoms. The normalized spacial score (nSPS) is 16.6. The van der Waals surface area contributed by atoms with Crippen LogP contribution in [-0.2, 0) is 6.54 Å². The van der Waals surface area contributed by atoms with Crippen molar-refractivity contribution in [2.24, 2.45) is 0 Å². The molecule has 1 aliphatic heterocycles. The zero-order valence-corrected chi connectivity index (χ0v) is 11.9. The molecule has 4 heteroatoms. The van der Waals surface area contributed by atoms with Gasteiger partial charge >= 0.3 is 0 Å². The van der Waals surface area contributed by atoms with Crippen LogP contribution in [0.3, 0.4) is 0 Å². The molecule has 4 nitrogen and oxygen atoms in total. The Balaban J connectivity index is 1.47. The minimum Gasteiger partial charge on any atom is -0.465 e. The van der Waals surface area contributed by atoms with E-state index in [4.69, 9.17) is 4.42 Å². The van der Waals surface area contributed by atoms with E-state index in [0.717, 1.165) is 31.2 Å². The van der Waals surface area contributed by atoms with E-state index in [1.165, 1.54) is 18.5 Å². The second-order valence-corrected chi connectivity index (χ2v) is 5.36. The molecule has 0 saturated carbocycles. The molecule has 0 spiro atoms. The van der Waals surface area contributed by atoms with Crippen molar-refractivity contribution in [3.63, 3.8) is 0 Å². The number of nitrogens with one attached hydrogen (secondary N) is 1. The molecule has 0 unspecified atom stereocenters. The Labute approximate surface area is 119 Å². The van der Waals surface area contributed by atoms with Gasteiger partial charge in [0.1, 0.15) is 11.5 Å². The van der Waals surface area contributed by atoms with Gasteiger partial charge in [-0.15, -0.1) is 0 Å². The molecular weight excluding hydrogens is 250 g/mol. The number of rotatable bonds is 4. The monoisotopic (exact) mass is 271 g/mol. The Morgan fingerprint density at radius 2 is 1.95 bits per heavy atom. The molecule has 0 atom stereocenters. The third-order valence-corrected chi connectivity index (χ3v) is 3.88. The van der Waals surface area contributed by atoms with Crippen molar-refractivity contribution in [3.05, 3.63) is 48.2 Å². The van der Waals surface area contributed by atoms with Crippen LogP contribution in [0, 0.1) is 6.92 Å². The average molecular weight is 271 g/mol. The Bertz CT molecular complexity index is 530. The van der Waals surface area contributed by atoms with Crippen LogP contribution in [0.4, 0.5) is 5.69 Å². The largest absolute Gasteiger partial charge is 0.465 e. The van der Waals surface area contributed by atoms with Crippen LogP contribution >= 0.6 is 0 Å². The van der Waals surface area contributed by atoms with Gasteiger partial charge in [-0.05, 0) is 44.0 Å². The summed E-state index contributed by atoms with van der Waals surface area (Å²) in [5.41, 5.74) is 1.28. The molecule has 0 aromatic carbocycles. The Kier molecular flexibility index (Phi) is 4.02. The summed E-state index contributed by atoms with van der Waals surface area (Å²) in [4.78, 5) is 6.50. The molecule has 0 aliphatic carbocycles. The highest BCUT2D eigenvalue weighted by molar-refractivity contribution is 5.44. The standard InChI is InChI=1S/C16H21N3O/c1-13-2-3-16(20-13)12-18-14-6-10-19(11-7-14)15-4-8-17-9-5-15/h2-5,8-9,14,18H,6-7,10-12H2,1H3. The first-order chi connectivity index (χ1) is 9.81. The van der Waals surface area contributed by atoms with Crippen LogP contribution in [0.25, 0.3) is 0 Å². The first-order valence-electron chi connectivity index (χ1n) is 7.25. The van der Waals surface area contributed by atoms with Crippen molar-refractivity contribution in [3.8, 4) is 0 Å². The number of hydrogen-bond donors (Lipinski definition) is 1. The first kappa shape index (κ1) is 13.2. The average Bonchev–Trinajstić information content (AvgIpc) is 2.92. The van der Waals surface area contributed by atoms with Crippen LogP contribution in [0.5, 0.6) is 0 Å². The maximum Gasteiger partial charge on any atom is 0.117 e. The quantitative estimate of drug-likeness (QED) is 0.928. The van der Waals surface area contributed by atoms with Crippen LogP contribution in [-0.4, -0.2) is 24.1 Å². The van der Waals surface area contributed by atoms with E-state index < -0.39 is 0 Å². The van der Waals surface area contributed by atoms with Gasteiger partial charge in [-0.3, -0.25) is 4.98 Å². The van der Waals surface area contributed by atoms with Crippen LogP contribution in [0.2, 0.25) is 0 Å². The lowest BCUT2D eigenvalue weighted by molar-refractivity contribution is 0.384. The fourth-order valence-electron chi connectivity index (χ4n) is 2.72. The van der Waals surface area contributed by atoms with Gasteiger partial charge in [0.2, 0.25) is 0 Å². The zero-order chi connectivity index (χ0) is 13.8. The molecule has 1 N–H and O–H groups in total. The van der Waals surface area contributed by atoms with E-state index in [0.29, 0.717) is 6.04 Å². The third-order valence-electron chi connectivity index (χ3n) is 3.88. The van der Waals surface area contributed by atoms with Crippen molar-refractivity contribution < 1.29 is 4.42 Å². The molecule has 106 valence electrons. The Morgan fingerprint density at radius 1 is 1.20 bits per heavy atom. The zero-order valence-electron chi connectivity index (χ0n) is 11.9. The summed E-state index contributed by atoms with van der Waals surface area (Å²) < 4.78 is 5.59. The lowest BCUT2D eigenvalue weighted by Gasteiger charge is -2.33. The van der Waals surface area contributed by atoms with Crippen LogP contribution in [0.15, 0.2) is 41.1 Å². The molecule has 1 aliphatic rings. The highest BCUT2D eigenvalue weighted by atomic mass is 16.3. The van der Waals surface area contributed by atoms with Crippen molar-refractivity contribution in [1.29, 1.82) is 0 Å². The summed E-state index contributed by atoms with van der Waals surface area (Å²) in [5, 5.41) is 3.59. The SMILES string of the molecule is Cc1ccc(CNC2CCN(c3ccncc3)CC2)o1. The van der Waals surface area contributed by atoms with E-state index in [1.54, 1.807) is 0 Å². The van der Waals surface area contributed by atoms with Gasteiger partial charge < -0.3 is 14.6 Å². The van der Waals surface area contributed by atoms with Gasteiger partial charge in [-0.25, -0.2) is 0 Å². The molecule has 2 aromatic rings. The number of furan rings is 1. The van der Waals surface area contributed by atoms with Crippen molar-refractivity contribution in [2.75, 3.05) is 18.0 Å². The maximum absolute atomic E-state index is 5.59. The second kappa shape index (κ2) is 6.09. The van der Waals surface area contributed by atoms with Crippen LogP contribution < -0.4 is 10.2 Å². The number of aryl methyl sites for hydroxylation is 1. The topological polar surface area (TPSA) is 41.3 Å². The summed E-state index contributed by atoms with van der Waals surface area (Å²) in [7, 11) is 0. The number of aromatic nitrogens is 1. The summed E-state index contributed by atoms with van der Waals surface area (Å²) >= 11 is 0.